The van der Waals surface area contributed by atoms with Crippen LogP contribution in [0.2, 0.25) is 4.34 Å². The van der Waals surface area contributed by atoms with E-state index in [1.54, 1.807) is 12.1 Å². The number of aromatic nitrogens is 2. The number of hydrogen-bond acceptors (Lipinski definition) is 8. The summed E-state index contributed by atoms with van der Waals surface area (Å²) in [5.74, 6) is 1.78. The Labute approximate surface area is 179 Å². The lowest BCUT2D eigenvalue weighted by atomic mass is 10.2. The van der Waals surface area contributed by atoms with Crippen LogP contribution in [0.25, 0.3) is 0 Å². The Balaban J connectivity index is 1.30. The molecule has 2 fully saturated rings. The number of carbonyl (C=O) groups is 1. The van der Waals surface area contributed by atoms with Crippen molar-refractivity contribution >= 4 is 40.5 Å². The average Bonchev–Trinajstić information content (AvgIpc) is 3.21. The predicted molar refractivity (Wildman–Crippen MR) is 115 cm³/mol. The van der Waals surface area contributed by atoms with Gasteiger partial charge in [-0.2, -0.15) is 0 Å². The quantitative estimate of drug-likeness (QED) is 0.756. The number of rotatable bonds is 5. The number of aliphatic hydroxyl groups is 1. The summed E-state index contributed by atoms with van der Waals surface area (Å²) in [5.41, 5.74) is 0. The van der Waals surface area contributed by atoms with Gasteiger partial charge in [0.05, 0.1) is 15.8 Å². The van der Waals surface area contributed by atoms with Crippen LogP contribution in [-0.2, 0) is 0 Å². The minimum absolute atomic E-state index is 0.0447. The van der Waals surface area contributed by atoms with Gasteiger partial charge in [-0.15, -0.1) is 21.5 Å². The lowest BCUT2D eigenvalue weighted by Crippen LogP contribution is -2.49. The lowest BCUT2D eigenvalue weighted by molar-refractivity contribution is 0.0751. The van der Waals surface area contributed by atoms with Crippen LogP contribution >= 0.6 is 22.9 Å². The Morgan fingerprint density at radius 2 is 1.52 bits per heavy atom. The second-order valence-corrected chi connectivity index (χ2v) is 8.90. The molecule has 10 heteroatoms. The number of aliphatic hydroxyl groups excluding tert-OH is 1. The van der Waals surface area contributed by atoms with Gasteiger partial charge in [-0.1, -0.05) is 11.6 Å². The third-order valence-corrected chi connectivity index (χ3v) is 6.64. The summed E-state index contributed by atoms with van der Waals surface area (Å²) in [5, 5.41) is 17.9. The minimum Gasteiger partial charge on any atom is -0.395 e. The molecule has 0 saturated carbocycles. The van der Waals surface area contributed by atoms with Crippen LogP contribution in [-0.4, -0.2) is 96.5 Å². The number of β-amino-alcohol motifs (C(OH)–C–C–N with tert-alkyl or cyclic N) is 1. The maximum absolute atomic E-state index is 12.5. The first-order valence-corrected chi connectivity index (χ1v) is 11.0. The number of amides is 1. The molecule has 0 radical (unpaired) electrons. The molecule has 0 aliphatic carbocycles. The first-order valence-electron chi connectivity index (χ1n) is 9.85. The molecule has 29 heavy (non-hydrogen) atoms. The fraction of sp³-hybridized carbons (Fsp3) is 0.526. The van der Waals surface area contributed by atoms with E-state index in [9.17, 15) is 4.79 Å². The first kappa shape index (κ1) is 20.3. The topological polar surface area (TPSA) is 76.0 Å². The summed E-state index contributed by atoms with van der Waals surface area (Å²) in [6.45, 7) is 7.35. The second-order valence-electron chi connectivity index (χ2n) is 7.19. The number of halogens is 1. The number of anilines is 2. The van der Waals surface area contributed by atoms with Gasteiger partial charge in [-0.25, -0.2) is 0 Å². The summed E-state index contributed by atoms with van der Waals surface area (Å²) in [4.78, 5) is 21.8. The first-order chi connectivity index (χ1) is 14.1. The molecule has 0 bridgehead atoms. The molecule has 0 aromatic carbocycles. The number of piperazine rings is 2. The minimum atomic E-state index is 0.0447. The molecule has 4 heterocycles. The summed E-state index contributed by atoms with van der Waals surface area (Å²) >= 11 is 7.27. The normalized spacial score (nSPS) is 18.3. The Hall–Kier alpha value is -1.94. The molecule has 156 valence electrons. The SMILES string of the molecule is O=C(c1ccc(Cl)s1)N1CCN(c2ccc(N3CCN(CCO)CC3)nn2)CC1. The summed E-state index contributed by atoms with van der Waals surface area (Å²) in [6, 6.07) is 7.59. The van der Waals surface area contributed by atoms with Crippen LogP contribution in [0.4, 0.5) is 11.6 Å². The summed E-state index contributed by atoms with van der Waals surface area (Å²) < 4.78 is 0.636. The van der Waals surface area contributed by atoms with Crippen molar-refractivity contribution in [1.29, 1.82) is 0 Å². The lowest BCUT2D eigenvalue weighted by Gasteiger charge is -2.36. The number of carbonyl (C=O) groups excluding carboxylic acids is 1. The molecule has 2 aromatic rings. The zero-order chi connectivity index (χ0) is 20.2. The van der Waals surface area contributed by atoms with E-state index in [0.717, 1.165) is 57.4 Å². The summed E-state index contributed by atoms with van der Waals surface area (Å²) in [7, 11) is 0. The zero-order valence-electron chi connectivity index (χ0n) is 16.2. The second kappa shape index (κ2) is 9.25. The number of thiophene rings is 1. The molecular formula is C19H25ClN6O2S. The van der Waals surface area contributed by atoms with Crippen LogP contribution in [0.3, 0.4) is 0 Å². The summed E-state index contributed by atoms with van der Waals surface area (Å²) in [6.07, 6.45) is 0. The molecular weight excluding hydrogens is 412 g/mol. The fourth-order valence-corrected chi connectivity index (χ4v) is 4.73. The smallest absolute Gasteiger partial charge is 0.264 e. The van der Waals surface area contributed by atoms with Crippen molar-refractivity contribution in [2.45, 2.75) is 0 Å². The van der Waals surface area contributed by atoms with Crippen molar-refractivity contribution in [2.24, 2.45) is 0 Å². The third-order valence-electron chi connectivity index (χ3n) is 5.42. The molecule has 0 atom stereocenters. The molecule has 0 spiro atoms. The van der Waals surface area contributed by atoms with E-state index in [1.165, 1.54) is 11.3 Å². The average molecular weight is 437 g/mol. The van der Waals surface area contributed by atoms with E-state index in [-0.39, 0.29) is 12.5 Å². The number of hydrogen-bond donors (Lipinski definition) is 1. The predicted octanol–water partition coefficient (Wildman–Crippen LogP) is 1.27. The van der Waals surface area contributed by atoms with E-state index >= 15 is 0 Å². The van der Waals surface area contributed by atoms with E-state index in [0.29, 0.717) is 22.3 Å². The third kappa shape index (κ3) is 4.80. The van der Waals surface area contributed by atoms with Gasteiger partial charge in [0.1, 0.15) is 0 Å². The molecule has 2 aliphatic rings. The molecule has 2 aliphatic heterocycles. The highest BCUT2D eigenvalue weighted by atomic mass is 35.5. The van der Waals surface area contributed by atoms with Crippen molar-refractivity contribution in [3.05, 3.63) is 33.5 Å². The molecule has 2 saturated heterocycles. The highest BCUT2D eigenvalue weighted by Gasteiger charge is 2.24. The van der Waals surface area contributed by atoms with Gasteiger partial charge >= 0.3 is 0 Å². The van der Waals surface area contributed by atoms with Crippen molar-refractivity contribution in [1.82, 2.24) is 20.0 Å². The largest absolute Gasteiger partial charge is 0.395 e. The molecule has 1 N–H and O–H groups in total. The van der Waals surface area contributed by atoms with Crippen LogP contribution < -0.4 is 9.80 Å². The van der Waals surface area contributed by atoms with Gasteiger partial charge in [0.2, 0.25) is 0 Å². The van der Waals surface area contributed by atoms with Crippen molar-refractivity contribution in [3.63, 3.8) is 0 Å². The van der Waals surface area contributed by atoms with E-state index < -0.39 is 0 Å². The van der Waals surface area contributed by atoms with Crippen molar-refractivity contribution in [3.8, 4) is 0 Å². The van der Waals surface area contributed by atoms with Crippen LogP contribution in [0.15, 0.2) is 24.3 Å². The van der Waals surface area contributed by atoms with Crippen molar-refractivity contribution < 1.29 is 9.90 Å². The van der Waals surface area contributed by atoms with Crippen LogP contribution in [0.5, 0.6) is 0 Å². The van der Waals surface area contributed by atoms with E-state index in [1.807, 2.05) is 17.0 Å². The Kier molecular flexibility index (Phi) is 6.49. The molecule has 8 nitrogen and oxygen atoms in total. The molecule has 2 aromatic heterocycles. The molecule has 4 rings (SSSR count). The maximum atomic E-state index is 12.5. The Morgan fingerprint density at radius 1 is 0.931 bits per heavy atom. The number of nitrogens with zero attached hydrogens (tertiary/aromatic N) is 6. The van der Waals surface area contributed by atoms with Gasteiger partial charge in [0, 0.05) is 58.9 Å². The van der Waals surface area contributed by atoms with Crippen molar-refractivity contribution in [2.75, 3.05) is 75.3 Å². The Morgan fingerprint density at radius 3 is 2.00 bits per heavy atom. The fourth-order valence-electron chi connectivity index (χ4n) is 3.72. The standard InChI is InChI=1S/C19H25ClN6O2S/c20-16-2-1-15(29-16)19(28)26-11-9-25(10-12-26)18-4-3-17(21-22-18)24-7-5-23(6-8-24)13-14-27/h1-4,27H,5-14H2. The highest BCUT2D eigenvalue weighted by molar-refractivity contribution is 7.17. The maximum Gasteiger partial charge on any atom is 0.264 e. The van der Waals surface area contributed by atoms with E-state index in [4.69, 9.17) is 16.7 Å². The monoisotopic (exact) mass is 436 g/mol. The van der Waals surface area contributed by atoms with E-state index in [2.05, 4.69) is 24.9 Å². The molecule has 1 amide bonds. The molecule has 0 unspecified atom stereocenters. The van der Waals surface area contributed by atoms with Crippen LogP contribution in [0.1, 0.15) is 9.67 Å². The van der Waals surface area contributed by atoms with Gasteiger partial charge in [-0.3, -0.25) is 9.69 Å². The van der Waals surface area contributed by atoms with Gasteiger partial charge in [-0.05, 0) is 24.3 Å². The Bertz CT molecular complexity index is 816. The van der Waals surface area contributed by atoms with Crippen LogP contribution in [0, 0.1) is 0 Å². The zero-order valence-corrected chi connectivity index (χ0v) is 17.8. The highest BCUT2D eigenvalue weighted by Crippen LogP contribution is 2.24. The van der Waals surface area contributed by atoms with Gasteiger partial charge in [0.25, 0.3) is 5.91 Å². The van der Waals surface area contributed by atoms with Gasteiger partial charge < -0.3 is 19.8 Å². The van der Waals surface area contributed by atoms with Gasteiger partial charge in [0.15, 0.2) is 11.6 Å².